The number of rotatable bonds is 29. The third-order valence-electron chi connectivity index (χ3n) is 8.67. The van der Waals surface area contributed by atoms with Gasteiger partial charge in [-0.3, -0.25) is 0 Å². The molecule has 0 aliphatic rings. The summed E-state index contributed by atoms with van der Waals surface area (Å²) in [4.78, 5) is 31.2. The second kappa shape index (κ2) is 26.6. The maximum Gasteiger partial charge on any atom is 0.161 e. The summed E-state index contributed by atoms with van der Waals surface area (Å²) in [5.74, 6) is 2.59. The van der Waals surface area contributed by atoms with Crippen molar-refractivity contribution >= 4 is 42.7 Å². The van der Waals surface area contributed by atoms with Gasteiger partial charge in [-0.1, -0.05) is 113 Å². The number of hydrogen-bond donors (Lipinski definition) is 1. The van der Waals surface area contributed by atoms with Gasteiger partial charge in [-0.25, -0.2) is 0 Å². The first-order valence-corrected chi connectivity index (χ1v) is 19.5. The number of ether oxygens (including phenoxy) is 4. The molecule has 0 aliphatic heterocycles. The van der Waals surface area contributed by atoms with Crippen LogP contribution < -0.4 is 18.9 Å². The van der Waals surface area contributed by atoms with Gasteiger partial charge < -0.3 is 24.4 Å². The van der Waals surface area contributed by atoms with Crippen molar-refractivity contribution in [3.05, 3.63) is 133 Å². The minimum atomic E-state index is 0.271. The first-order chi connectivity index (χ1) is 28.1. The Kier molecular flexibility index (Phi) is 20.3. The average molecular weight is 773 g/mol. The molecule has 0 fully saturated rings. The van der Waals surface area contributed by atoms with Gasteiger partial charge >= 0.3 is 0 Å². The van der Waals surface area contributed by atoms with E-state index in [1.165, 1.54) is 6.21 Å². The first-order valence-electron chi connectivity index (χ1n) is 19.5. The quantitative estimate of drug-likeness (QED) is 0.0250. The third kappa shape index (κ3) is 17.0. The summed E-state index contributed by atoms with van der Waals surface area (Å²) in [5, 5.41) is 15.9. The van der Waals surface area contributed by atoms with E-state index < -0.39 is 0 Å². The van der Waals surface area contributed by atoms with Crippen LogP contribution in [0.25, 0.3) is 36.5 Å². The lowest BCUT2D eigenvalue weighted by atomic mass is 10.1. The van der Waals surface area contributed by atoms with E-state index in [2.05, 4.69) is 88.4 Å². The molecule has 11 heteroatoms. The third-order valence-corrected chi connectivity index (χ3v) is 8.67. The van der Waals surface area contributed by atoms with Gasteiger partial charge in [-0.2, -0.15) is 14.7 Å². The largest absolute Gasteiger partial charge is 0.490 e. The molecule has 1 N–H and O–H groups in total. The van der Waals surface area contributed by atoms with E-state index in [1.54, 1.807) is 0 Å². The average Bonchev–Trinajstić information content (AvgIpc) is 3.24. The van der Waals surface area contributed by atoms with Crippen LogP contribution in [0.4, 0.5) is 0 Å². The Morgan fingerprint density at radius 3 is 1.02 bits per heavy atom. The fourth-order valence-corrected chi connectivity index (χ4v) is 5.48. The van der Waals surface area contributed by atoms with E-state index in [-0.39, 0.29) is 19.6 Å². The molecule has 0 spiro atoms. The molecule has 0 aliphatic carbocycles. The monoisotopic (exact) mass is 772 g/mol. The summed E-state index contributed by atoms with van der Waals surface area (Å²) in [7, 11) is 0. The highest BCUT2D eigenvalue weighted by Crippen LogP contribution is 2.31. The molecule has 298 valence electrons. The summed E-state index contributed by atoms with van der Waals surface area (Å²) in [6.07, 6.45) is 19.3. The van der Waals surface area contributed by atoms with Crippen LogP contribution in [-0.4, -0.2) is 52.3 Å². The van der Waals surface area contributed by atoms with Crippen molar-refractivity contribution in [3.63, 3.8) is 0 Å². The Balaban J connectivity index is 1.33. The maximum atomic E-state index is 10.4. The topological polar surface area (TPSA) is 149 Å². The van der Waals surface area contributed by atoms with Crippen molar-refractivity contribution in [2.24, 2.45) is 15.5 Å². The van der Waals surface area contributed by atoms with Crippen molar-refractivity contribution in [2.45, 2.75) is 51.4 Å². The molecule has 4 rings (SSSR count). The molecule has 0 saturated heterocycles. The highest BCUT2D eigenvalue weighted by atomic mass is 16.5. The Bertz CT molecular complexity index is 1910. The van der Waals surface area contributed by atoms with Crippen LogP contribution in [0.2, 0.25) is 0 Å². The lowest BCUT2D eigenvalue weighted by molar-refractivity contribution is 0.261. The molecule has 4 aromatic carbocycles. The second-order valence-electron chi connectivity index (χ2n) is 13.2. The highest BCUT2D eigenvalue weighted by molar-refractivity contribution is 5.75. The van der Waals surface area contributed by atoms with E-state index >= 15 is 0 Å². The number of hydrogen-bond acceptors (Lipinski definition) is 11. The van der Waals surface area contributed by atoms with Crippen LogP contribution in [0.1, 0.15) is 84.7 Å². The SMILES string of the molecule is N=CCCCOc1ccc(/C=C/c2ccc(/C=C/c3ccc(/C=C/c4ccc(OCCCCN=O)c(OCCCCN=O)c4)cc3)cc2)cc1OCCCCN=O. The minimum Gasteiger partial charge on any atom is -0.490 e. The van der Waals surface area contributed by atoms with Gasteiger partial charge in [-0.15, -0.1) is 0 Å². The zero-order chi connectivity index (χ0) is 40.2. The van der Waals surface area contributed by atoms with Gasteiger partial charge in [0.25, 0.3) is 0 Å². The van der Waals surface area contributed by atoms with Crippen molar-refractivity contribution in [2.75, 3.05) is 46.1 Å². The van der Waals surface area contributed by atoms with Crippen molar-refractivity contribution in [3.8, 4) is 23.0 Å². The molecule has 0 atom stereocenters. The van der Waals surface area contributed by atoms with Crippen LogP contribution in [0.3, 0.4) is 0 Å². The standard InChI is InChI=1S/C46H52N4O7/c47-27-1-5-31-54-43-25-23-41(35-45(43)56-33-7-3-29-49-52)21-19-39-15-11-37(12-16-39)9-10-38-13-17-40(18-14-38)20-22-42-24-26-44(55-32-6-2-28-48-51)46(36-42)57-34-8-4-30-50-53/h9-27,35-36,47H,1-8,28-34H2/b10-9+,21-19+,22-20+,47-27?. The Labute approximate surface area is 335 Å². The summed E-state index contributed by atoms with van der Waals surface area (Å²) in [6.45, 7) is 2.71. The normalized spacial score (nSPS) is 11.2. The van der Waals surface area contributed by atoms with E-state index in [0.29, 0.717) is 81.5 Å². The molecular weight excluding hydrogens is 721 g/mol. The number of nitrogens with one attached hydrogen (secondary N) is 1. The van der Waals surface area contributed by atoms with Crippen LogP contribution >= 0.6 is 0 Å². The van der Waals surface area contributed by atoms with Gasteiger partial charge in [0.1, 0.15) is 0 Å². The molecular formula is C46H52N4O7. The summed E-state index contributed by atoms with van der Waals surface area (Å²) < 4.78 is 23.9. The van der Waals surface area contributed by atoms with E-state index in [9.17, 15) is 14.7 Å². The molecule has 0 radical (unpaired) electrons. The Hall–Kier alpha value is -6.23. The number of benzene rings is 4. The first kappa shape index (κ1) is 43.5. The fourth-order valence-electron chi connectivity index (χ4n) is 5.48. The van der Waals surface area contributed by atoms with Crippen molar-refractivity contribution in [1.29, 1.82) is 5.41 Å². The molecule has 0 bridgehead atoms. The fraction of sp³-hybridized carbons (Fsp3) is 0.326. The minimum absolute atomic E-state index is 0.271. The smallest absolute Gasteiger partial charge is 0.161 e. The van der Waals surface area contributed by atoms with E-state index in [4.69, 9.17) is 24.4 Å². The number of nitroso groups, excluding NO2 is 3. The summed E-state index contributed by atoms with van der Waals surface area (Å²) in [5.41, 5.74) is 6.24. The van der Waals surface area contributed by atoms with Crippen molar-refractivity contribution < 1.29 is 18.9 Å². The molecule has 11 nitrogen and oxygen atoms in total. The zero-order valence-corrected chi connectivity index (χ0v) is 32.4. The van der Waals surface area contributed by atoms with E-state index in [0.717, 1.165) is 52.6 Å². The van der Waals surface area contributed by atoms with Crippen molar-refractivity contribution in [1.82, 2.24) is 0 Å². The zero-order valence-electron chi connectivity index (χ0n) is 32.4. The summed E-state index contributed by atoms with van der Waals surface area (Å²) >= 11 is 0. The molecule has 57 heavy (non-hydrogen) atoms. The highest BCUT2D eigenvalue weighted by Gasteiger charge is 2.08. The predicted octanol–water partition coefficient (Wildman–Crippen LogP) is 11.8. The number of unbranched alkanes of at least 4 members (excludes halogenated alkanes) is 4. The Morgan fingerprint density at radius 2 is 0.684 bits per heavy atom. The molecule has 0 saturated carbocycles. The van der Waals surface area contributed by atoms with Crippen LogP contribution in [-0.2, 0) is 0 Å². The maximum absolute atomic E-state index is 10.4. The Morgan fingerprint density at radius 1 is 0.386 bits per heavy atom. The lowest BCUT2D eigenvalue weighted by Crippen LogP contribution is -2.03. The van der Waals surface area contributed by atoms with Gasteiger partial charge in [0.15, 0.2) is 23.0 Å². The number of nitrogens with zero attached hydrogens (tertiary/aromatic N) is 3. The molecule has 0 unspecified atom stereocenters. The van der Waals surface area contributed by atoms with Crippen LogP contribution in [0, 0.1) is 20.1 Å². The van der Waals surface area contributed by atoms with Gasteiger partial charge in [-0.05, 0) is 115 Å². The predicted molar refractivity (Wildman–Crippen MR) is 232 cm³/mol. The van der Waals surface area contributed by atoms with Gasteiger partial charge in [0.2, 0.25) is 0 Å². The van der Waals surface area contributed by atoms with Gasteiger partial charge in [0, 0.05) is 0 Å². The van der Waals surface area contributed by atoms with Crippen LogP contribution in [0.5, 0.6) is 23.0 Å². The molecule has 0 aromatic heterocycles. The second-order valence-corrected chi connectivity index (χ2v) is 13.2. The van der Waals surface area contributed by atoms with Crippen LogP contribution in [0.15, 0.2) is 100 Å². The summed E-state index contributed by atoms with van der Waals surface area (Å²) in [6, 6.07) is 28.3. The van der Waals surface area contributed by atoms with Gasteiger partial charge in [0.05, 0.1) is 46.1 Å². The molecule has 0 amide bonds. The lowest BCUT2D eigenvalue weighted by Gasteiger charge is -2.13. The molecule has 4 aromatic rings. The van der Waals surface area contributed by atoms with E-state index in [1.807, 2.05) is 48.6 Å². The molecule has 0 heterocycles.